The Morgan fingerprint density at radius 1 is 0.449 bits per heavy atom. The molecule has 0 aliphatic heterocycles. The van der Waals surface area contributed by atoms with Gasteiger partial charge in [-0.2, -0.15) is 0 Å². The fraction of sp³-hybridized carbons (Fsp3) is 0.211. The first-order valence-electron chi connectivity index (χ1n) is 15.3. The average molecular weight is 804 g/mol. The largest absolute Gasteiger partial charge is 2.00 e. The molecule has 5 rings (SSSR count). The standard InChI is InChI=1S/C26H24N2P.C12H18.F6P.Ru/c1-21-13-17-23(18-14-21)27-29(25-9-5-3-6-10-25,26-11-7-4-8-12-26)28-24-19-15-22(2)16-20-24;1-7-8(2)10(4)12(6)11(5)9(7)3;1-7(2,3,4,5)6;/h3-20H,1-2H3;1-6H3;;/q-1;;-1;+2. The third kappa shape index (κ3) is 13.2. The van der Waals surface area contributed by atoms with Gasteiger partial charge in [-0.3, -0.25) is 4.74 Å². The maximum atomic E-state index is 9.87. The van der Waals surface area contributed by atoms with Gasteiger partial charge in [-0.05, 0) is 119 Å². The topological polar surface area (TPSA) is 26.5 Å². The second kappa shape index (κ2) is 15.8. The van der Waals surface area contributed by atoms with Gasteiger partial charge in [-0.15, -0.1) is 5.69 Å². The van der Waals surface area contributed by atoms with Crippen molar-refractivity contribution in [2.24, 2.45) is 4.74 Å². The molecule has 0 spiro atoms. The summed E-state index contributed by atoms with van der Waals surface area (Å²) < 4.78 is 64.5. The van der Waals surface area contributed by atoms with Crippen molar-refractivity contribution in [3.63, 3.8) is 0 Å². The van der Waals surface area contributed by atoms with Crippen molar-refractivity contribution in [1.82, 2.24) is 0 Å². The molecule has 0 amide bonds. The van der Waals surface area contributed by atoms with Crippen LogP contribution in [0.25, 0.3) is 5.09 Å². The molecule has 5 aromatic rings. The Morgan fingerprint density at radius 3 is 1.04 bits per heavy atom. The van der Waals surface area contributed by atoms with Gasteiger partial charge in [-0.1, -0.05) is 108 Å². The molecule has 49 heavy (non-hydrogen) atoms. The number of halogens is 6. The van der Waals surface area contributed by atoms with Crippen LogP contribution < -0.4 is 10.6 Å². The first kappa shape index (κ1) is 41.9. The average Bonchev–Trinajstić information content (AvgIpc) is 3.03. The van der Waals surface area contributed by atoms with E-state index in [1.165, 1.54) is 44.5 Å². The molecule has 0 unspecified atom stereocenters. The van der Waals surface area contributed by atoms with E-state index in [1.807, 2.05) is 12.1 Å². The van der Waals surface area contributed by atoms with Crippen LogP contribution in [0.1, 0.15) is 44.5 Å². The Balaban J connectivity index is 0.000000345. The number of hydrogen-bond donors (Lipinski definition) is 0. The Kier molecular flexibility index (Phi) is 13.5. The van der Waals surface area contributed by atoms with E-state index in [1.54, 1.807) is 0 Å². The van der Waals surface area contributed by atoms with Gasteiger partial charge in [0.1, 0.15) is 0 Å². The van der Waals surface area contributed by atoms with Gasteiger partial charge in [0.25, 0.3) is 0 Å². The van der Waals surface area contributed by atoms with Crippen LogP contribution in [0.5, 0.6) is 0 Å². The quantitative estimate of drug-likeness (QED) is 0.0961. The summed E-state index contributed by atoms with van der Waals surface area (Å²) in [5.74, 6) is 0. The van der Waals surface area contributed by atoms with E-state index in [4.69, 9.17) is 9.83 Å². The Hall–Kier alpha value is -3.24. The van der Waals surface area contributed by atoms with Crippen LogP contribution in [-0.4, -0.2) is 0 Å². The maximum absolute atomic E-state index is 10.7. The van der Waals surface area contributed by atoms with Crippen molar-refractivity contribution < 1.29 is 44.7 Å². The first-order chi connectivity index (χ1) is 22.1. The molecular formula is C38H42F6N2P2Ru. The summed E-state index contributed by atoms with van der Waals surface area (Å²) in [6.45, 7) is 17.5. The van der Waals surface area contributed by atoms with Gasteiger partial charge < -0.3 is 5.09 Å². The van der Waals surface area contributed by atoms with E-state index in [0.29, 0.717) is 0 Å². The molecule has 0 aromatic heterocycles. The van der Waals surface area contributed by atoms with Gasteiger partial charge in [0, 0.05) is 0 Å². The van der Waals surface area contributed by atoms with Crippen LogP contribution in [-0.2, 0) is 19.5 Å². The van der Waals surface area contributed by atoms with Crippen molar-refractivity contribution >= 4 is 37.0 Å². The van der Waals surface area contributed by atoms with E-state index in [2.05, 4.69) is 152 Å². The molecule has 0 radical (unpaired) electrons. The van der Waals surface area contributed by atoms with E-state index in [9.17, 15) is 25.2 Å². The van der Waals surface area contributed by atoms with E-state index < -0.39 is 15.0 Å². The first-order valence-corrected chi connectivity index (χ1v) is 19.0. The molecule has 0 bridgehead atoms. The zero-order valence-electron chi connectivity index (χ0n) is 28.8. The predicted octanol–water partition coefficient (Wildman–Crippen LogP) is 14.3. The molecular weight excluding hydrogens is 761 g/mol. The Morgan fingerprint density at radius 2 is 0.735 bits per heavy atom. The molecule has 0 saturated carbocycles. The summed E-state index contributed by atoms with van der Waals surface area (Å²) >= 11 is 0. The van der Waals surface area contributed by atoms with Gasteiger partial charge in [0.15, 0.2) is 0 Å². The minimum absolute atomic E-state index is 0. The molecule has 0 N–H and O–H groups in total. The molecule has 0 atom stereocenters. The van der Waals surface area contributed by atoms with Crippen LogP contribution in [0.4, 0.5) is 36.6 Å². The fourth-order valence-corrected chi connectivity index (χ4v) is 7.83. The zero-order chi connectivity index (χ0) is 36.0. The van der Waals surface area contributed by atoms with Crippen LogP contribution in [0.15, 0.2) is 114 Å². The number of rotatable bonds is 5. The monoisotopic (exact) mass is 804 g/mol. The van der Waals surface area contributed by atoms with E-state index in [0.717, 1.165) is 22.0 Å². The molecule has 5 aromatic carbocycles. The van der Waals surface area contributed by atoms with Crippen molar-refractivity contribution in [2.75, 3.05) is 0 Å². The Bertz CT molecular complexity index is 1740. The summed E-state index contributed by atoms with van der Waals surface area (Å²) in [4.78, 5) is 0. The van der Waals surface area contributed by atoms with Gasteiger partial charge in [0.05, 0.1) is 5.69 Å². The number of aryl methyl sites for hydroxylation is 2. The SMILES string of the molecule is Cc1c(C)c(C)c(C)c(C)c1C.Cc1ccc(N=P([N-]c2ccc(C)cc2)(c2ccccc2)c2ccccc2)cc1.F[P-](F)(F)(F)(F)F.[Ru+2]. The van der Waals surface area contributed by atoms with Crippen molar-refractivity contribution in [3.05, 3.63) is 159 Å². The van der Waals surface area contributed by atoms with Gasteiger partial charge >= 0.3 is 52.5 Å². The van der Waals surface area contributed by atoms with Gasteiger partial charge in [0.2, 0.25) is 0 Å². The second-order valence-electron chi connectivity index (χ2n) is 11.9. The summed E-state index contributed by atoms with van der Waals surface area (Å²) in [7, 11) is -13.1. The molecule has 11 heteroatoms. The molecule has 0 aliphatic rings. The Labute approximate surface area is 299 Å². The minimum atomic E-state index is -10.7. The van der Waals surface area contributed by atoms with Crippen LogP contribution in [0.2, 0.25) is 0 Å². The summed E-state index contributed by atoms with van der Waals surface area (Å²) in [6.07, 6.45) is 0. The molecule has 0 fully saturated rings. The number of benzene rings is 5. The number of nitrogens with zero attached hydrogens (tertiary/aromatic N) is 2. The van der Waals surface area contributed by atoms with E-state index in [-0.39, 0.29) is 19.5 Å². The molecule has 0 heterocycles. The van der Waals surface area contributed by atoms with Crippen LogP contribution >= 0.6 is 15.0 Å². The summed E-state index contributed by atoms with van der Waals surface area (Å²) in [5, 5.41) is 7.63. The molecule has 0 aliphatic carbocycles. The van der Waals surface area contributed by atoms with Crippen molar-refractivity contribution in [2.45, 2.75) is 55.4 Å². The summed E-state index contributed by atoms with van der Waals surface area (Å²) in [5.41, 5.74) is 13.1. The van der Waals surface area contributed by atoms with Crippen molar-refractivity contribution in [3.8, 4) is 0 Å². The predicted molar refractivity (Wildman–Crippen MR) is 195 cm³/mol. The van der Waals surface area contributed by atoms with Gasteiger partial charge in [-0.25, -0.2) is 0 Å². The van der Waals surface area contributed by atoms with Crippen molar-refractivity contribution in [1.29, 1.82) is 0 Å². The maximum Gasteiger partial charge on any atom is 2.00 e. The summed E-state index contributed by atoms with van der Waals surface area (Å²) in [6, 6.07) is 37.7. The minimum Gasteiger partial charge on any atom is 2.00 e. The third-order valence-electron chi connectivity index (χ3n) is 8.20. The van der Waals surface area contributed by atoms with Crippen LogP contribution in [0, 0.1) is 55.4 Å². The zero-order valence-corrected chi connectivity index (χ0v) is 32.3. The number of hydrogen-bond acceptors (Lipinski definition) is 1. The molecule has 0 saturated heterocycles. The third-order valence-corrected chi connectivity index (χ3v) is 11.3. The molecule has 264 valence electrons. The smallest absolute Gasteiger partial charge is 2.00 e. The molecule has 2 nitrogen and oxygen atoms in total. The normalized spacial score (nSPS) is 12.4. The fourth-order valence-electron chi connectivity index (χ4n) is 4.92. The van der Waals surface area contributed by atoms with Crippen LogP contribution in [0.3, 0.4) is 0 Å². The second-order valence-corrected chi connectivity index (χ2v) is 16.4. The van der Waals surface area contributed by atoms with E-state index >= 15 is 0 Å².